The van der Waals surface area contributed by atoms with Crippen LogP contribution in [0.3, 0.4) is 0 Å². The highest BCUT2D eigenvalue weighted by molar-refractivity contribution is 5.88. The average Bonchev–Trinajstić information content (AvgIpc) is 2.37. The van der Waals surface area contributed by atoms with E-state index < -0.39 is 0 Å². The van der Waals surface area contributed by atoms with Crippen molar-refractivity contribution < 1.29 is 5.11 Å². The Kier molecular flexibility index (Phi) is 2.65. The van der Waals surface area contributed by atoms with Crippen LogP contribution >= 0.6 is 0 Å². The summed E-state index contributed by atoms with van der Waals surface area (Å²) in [5.74, 6) is 0.344. The van der Waals surface area contributed by atoms with E-state index in [4.69, 9.17) is 0 Å². The highest BCUT2D eigenvalue weighted by Gasteiger charge is 2.08. The molecule has 1 N–H and O–H groups in total. The molecule has 2 heteroatoms. The van der Waals surface area contributed by atoms with Crippen molar-refractivity contribution in [3.8, 4) is 5.75 Å². The molecule has 16 heavy (non-hydrogen) atoms. The van der Waals surface area contributed by atoms with Gasteiger partial charge in [0.05, 0.1) is 0 Å². The van der Waals surface area contributed by atoms with E-state index in [1.807, 2.05) is 38.1 Å². The molecule has 0 amide bonds. The molecule has 0 aromatic heterocycles. The summed E-state index contributed by atoms with van der Waals surface area (Å²) in [6, 6.07) is 10.4. The third-order valence-corrected chi connectivity index (χ3v) is 2.71. The Morgan fingerprint density at radius 2 is 1.81 bits per heavy atom. The molecule has 0 fully saturated rings. The Hall–Kier alpha value is -1.83. The SMILES string of the molecule is CC(C)c1cc(=O)cc2ccccc2c1O. The first kappa shape index (κ1) is 10.7. The number of hydrogen-bond acceptors (Lipinski definition) is 2. The smallest absolute Gasteiger partial charge is 0.179 e. The summed E-state index contributed by atoms with van der Waals surface area (Å²) in [6.07, 6.45) is 0. The zero-order valence-corrected chi connectivity index (χ0v) is 9.40. The lowest BCUT2D eigenvalue weighted by molar-refractivity contribution is 0.472. The summed E-state index contributed by atoms with van der Waals surface area (Å²) in [6.45, 7) is 3.92. The molecule has 0 atom stereocenters. The normalized spacial score (nSPS) is 10.9. The minimum Gasteiger partial charge on any atom is -0.507 e. The Bertz CT molecular complexity index is 586. The molecule has 2 aromatic carbocycles. The first-order valence-electron chi connectivity index (χ1n) is 5.35. The Balaban J connectivity index is 2.97. The van der Waals surface area contributed by atoms with Crippen LogP contribution in [0.15, 0.2) is 41.2 Å². The molecule has 2 aromatic rings. The van der Waals surface area contributed by atoms with Gasteiger partial charge < -0.3 is 5.11 Å². The van der Waals surface area contributed by atoms with Crippen LogP contribution in [0.1, 0.15) is 25.3 Å². The van der Waals surface area contributed by atoms with Crippen LogP contribution in [0, 0.1) is 0 Å². The summed E-state index contributed by atoms with van der Waals surface area (Å²) in [7, 11) is 0. The summed E-state index contributed by atoms with van der Waals surface area (Å²) < 4.78 is 0. The van der Waals surface area contributed by atoms with E-state index in [-0.39, 0.29) is 17.1 Å². The minimum absolute atomic E-state index is 0.0693. The van der Waals surface area contributed by atoms with Gasteiger partial charge in [-0.3, -0.25) is 4.79 Å². The van der Waals surface area contributed by atoms with E-state index in [2.05, 4.69) is 0 Å². The van der Waals surface area contributed by atoms with E-state index in [0.717, 1.165) is 10.8 Å². The first-order valence-corrected chi connectivity index (χ1v) is 5.35. The van der Waals surface area contributed by atoms with Gasteiger partial charge >= 0.3 is 0 Å². The minimum atomic E-state index is -0.0693. The van der Waals surface area contributed by atoms with Gasteiger partial charge in [0.15, 0.2) is 5.43 Å². The zero-order valence-electron chi connectivity index (χ0n) is 9.40. The summed E-state index contributed by atoms with van der Waals surface area (Å²) >= 11 is 0. The van der Waals surface area contributed by atoms with E-state index >= 15 is 0 Å². The highest BCUT2D eigenvalue weighted by atomic mass is 16.3. The van der Waals surface area contributed by atoms with Gasteiger partial charge in [0.1, 0.15) is 5.75 Å². The first-order chi connectivity index (χ1) is 7.59. The second kappa shape index (κ2) is 3.97. The lowest BCUT2D eigenvalue weighted by Crippen LogP contribution is -1.95. The lowest BCUT2D eigenvalue weighted by atomic mass is 10.0. The van der Waals surface area contributed by atoms with Crippen molar-refractivity contribution in [2.75, 3.05) is 0 Å². The monoisotopic (exact) mass is 214 g/mol. The lowest BCUT2D eigenvalue weighted by Gasteiger charge is -2.05. The Morgan fingerprint density at radius 1 is 1.12 bits per heavy atom. The van der Waals surface area contributed by atoms with E-state index in [1.165, 1.54) is 6.07 Å². The molecule has 2 rings (SSSR count). The van der Waals surface area contributed by atoms with Crippen molar-refractivity contribution in [1.82, 2.24) is 0 Å². The number of aromatic hydroxyl groups is 1. The summed E-state index contributed by atoms with van der Waals surface area (Å²) in [5.41, 5.74) is 0.631. The average molecular weight is 214 g/mol. The molecule has 0 unspecified atom stereocenters. The third-order valence-electron chi connectivity index (χ3n) is 2.71. The molecule has 0 saturated heterocycles. The maximum atomic E-state index is 11.6. The van der Waals surface area contributed by atoms with Gasteiger partial charge in [0, 0.05) is 10.9 Å². The quantitative estimate of drug-likeness (QED) is 0.792. The predicted octanol–water partition coefficient (Wildman–Crippen LogP) is 3.03. The fraction of sp³-hybridized carbons (Fsp3) is 0.214. The number of fused-ring (bicyclic) bond motifs is 1. The van der Waals surface area contributed by atoms with Crippen LogP contribution < -0.4 is 5.43 Å². The van der Waals surface area contributed by atoms with Gasteiger partial charge in [-0.15, -0.1) is 0 Å². The second-order valence-corrected chi connectivity index (χ2v) is 4.24. The molecule has 0 radical (unpaired) electrons. The van der Waals surface area contributed by atoms with Crippen molar-refractivity contribution in [2.45, 2.75) is 19.8 Å². The van der Waals surface area contributed by atoms with Crippen molar-refractivity contribution in [3.63, 3.8) is 0 Å². The molecule has 0 aliphatic carbocycles. The van der Waals surface area contributed by atoms with Crippen molar-refractivity contribution in [1.29, 1.82) is 0 Å². The van der Waals surface area contributed by atoms with Crippen LogP contribution in [-0.4, -0.2) is 5.11 Å². The van der Waals surface area contributed by atoms with Crippen LogP contribution in [0.25, 0.3) is 10.8 Å². The summed E-state index contributed by atoms with van der Waals surface area (Å²) in [4.78, 5) is 11.6. The van der Waals surface area contributed by atoms with Crippen molar-refractivity contribution in [3.05, 3.63) is 52.2 Å². The number of hydrogen-bond donors (Lipinski definition) is 1. The van der Waals surface area contributed by atoms with Crippen LogP contribution in [0.5, 0.6) is 5.75 Å². The highest BCUT2D eigenvalue weighted by Crippen LogP contribution is 2.30. The molecular weight excluding hydrogens is 200 g/mol. The Labute approximate surface area is 94.2 Å². The molecule has 0 heterocycles. The third kappa shape index (κ3) is 1.78. The standard InChI is InChI=1S/C14H14O2/c1-9(2)13-8-11(15)7-10-5-3-4-6-12(10)14(13)16/h3-9,16H,1-2H3. The van der Waals surface area contributed by atoms with Crippen LogP contribution in [-0.2, 0) is 0 Å². The fourth-order valence-corrected chi connectivity index (χ4v) is 1.85. The molecular formula is C14H14O2. The number of rotatable bonds is 1. The van der Waals surface area contributed by atoms with Crippen molar-refractivity contribution >= 4 is 10.8 Å². The van der Waals surface area contributed by atoms with Gasteiger partial charge in [-0.1, -0.05) is 38.1 Å². The molecule has 0 spiro atoms. The molecule has 0 saturated carbocycles. The zero-order chi connectivity index (χ0) is 11.7. The van der Waals surface area contributed by atoms with Gasteiger partial charge in [0.2, 0.25) is 0 Å². The topological polar surface area (TPSA) is 37.3 Å². The second-order valence-electron chi connectivity index (χ2n) is 4.24. The van der Waals surface area contributed by atoms with Crippen molar-refractivity contribution in [2.24, 2.45) is 0 Å². The van der Waals surface area contributed by atoms with Gasteiger partial charge in [-0.2, -0.15) is 0 Å². The van der Waals surface area contributed by atoms with Gasteiger partial charge in [0.25, 0.3) is 0 Å². The van der Waals surface area contributed by atoms with E-state index in [1.54, 1.807) is 6.07 Å². The van der Waals surface area contributed by atoms with Gasteiger partial charge in [-0.05, 0) is 23.4 Å². The molecule has 0 bridgehead atoms. The molecule has 82 valence electrons. The molecule has 0 aliphatic heterocycles. The maximum Gasteiger partial charge on any atom is 0.179 e. The molecule has 0 aliphatic rings. The predicted molar refractivity (Wildman–Crippen MR) is 66.0 cm³/mol. The molecule has 2 nitrogen and oxygen atoms in total. The fourth-order valence-electron chi connectivity index (χ4n) is 1.85. The largest absolute Gasteiger partial charge is 0.507 e. The summed E-state index contributed by atoms with van der Waals surface area (Å²) in [5, 5.41) is 11.7. The number of benzene rings is 1. The van der Waals surface area contributed by atoms with Gasteiger partial charge in [-0.25, -0.2) is 0 Å². The van der Waals surface area contributed by atoms with E-state index in [9.17, 15) is 9.90 Å². The Morgan fingerprint density at radius 3 is 2.50 bits per heavy atom. The van der Waals surface area contributed by atoms with Crippen LogP contribution in [0.2, 0.25) is 0 Å². The van der Waals surface area contributed by atoms with Crippen LogP contribution in [0.4, 0.5) is 0 Å². The van der Waals surface area contributed by atoms with E-state index in [0.29, 0.717) is 5.56 Å². The maximum absolute atomic E-state index is 11.6.